The van der Waals surface area contributed by atoms with Crippen LogP contribution in [0.25, 0.3) is 0 Å². The maximum atomic E-state index is 12.5. The van der Waals surface area contributed by atoms with E-state index < -0.39 is 10.0 Å². The minimum absolute atomic E-state index is 0.127. The van der Waals surface area contributed by atoms with Gasteiger partial charge in [-0.2, -0.15) is 4.31 Å². The number of hydrogen-bond donors (Lipinski definition) is 2. The first-order chi connectivity index (χ1) is 13.3. The van der Waals surface area contributed by atoms with Crippen molar-refractivity contribution in [1.29, 1.82) is 0 Å². The summed E-state index contributed by atoms with van der Waals surface area (Å²) in [6, 6.07) is 6.16. The molecular formula is C19H24N4O4S. The number of sulfonamides is 1. The number of nitrogens with zero attached hydrogens (tertiary/aromatic N) is 2. The number of anilines is 1. The molecule has 150 valence electrons. The number of hydrogen-bond acceptors (Lipinski definition) is 5. The fourth-order valence-corrected chi connectivity index (χ4v) is 4.81. The predicted octanol–water partition coefficient (Wildman–Crippen LogP) is 1.74. The average Bonchev–Trinajstić information content (AvgIpc) is 3.17. The molecule has 2 heterocycles. The van der Waals surface area contributed by atoms with Gasteiger partial charge in [-0.05, 0) is 57.4 Å². The van der Waals surface area contributed by atoms with Crippen molar-refractivity contribution < 1.29 is 13.2 Å². The molecule has 28 heavy (non-hydrogen) atoms. The van der Waals surface area contributed by atoms with Gasteiger partial charge in [0.05, 0.1) is 4.90 Å². The summed E-state index contributed by atoms with van der Waals surface area (Å²) in [7, 11) is -3.47. The van der Waals surface area contributed by atoms with Crippen LogP contribution in [0.15, 0.2) is 34.0 Å². The lowest BCUT2D eigenvalue weighted by Crippen LogP contribution is -2.27. The molecule has 1 aromatic heterocycles. The molecule has 2 N–H and O–H groups in total. The Morgan fingerprint density at radius 3 is 2.43 bits per heavy atom. The molecule has 0 saturated carbocycles. The molecule has 0 aliphatic carbocycles. The maximum absolute atomic E-state index is 12.5. The predicted molar refractivity (Wildman–Crippen MR) is 106 cm³/mol. The number of benzene rings is 1. The molecule has 1 aliphatic heterocycles. The van der Waals surface area contributed by atoms with Crippen molar-refractivity contribution in [1.82, 2.24) is 14.3 Å². The zero-order valence-corrected chi connectivity index (χ0v) is 16.8. The van der Waals surface area contributed by atoms with Crippen LogP contribution in [0.4, 0.5) is 5.69 Å². The quantitative estimate of drug-likeness (QED) is 0.762. The molecule has 1 aromatic carbocycles. The number of aromatic nitrogens is 2. The first kappa shape index (κ1) is 20.2. The third-order valence-corrected chi connectivity index (χ3v) is 6.70. The zero-order chi connectivity index (χ0) is 20.3. The molecule has 1 aliphatic rings. The van der Waals surface area contributed by atoms with E-state index in [2.05, 4.69) is 15.3 Å². The highest BCUT2D eigenvalue weighted by molar-refractivity contribution is 7.89. The van der Waals surface area contributed by atoms with E-state index in [0.717, 1.165) is 12.8 Å². The van der Waals surface area contributed by atoms with Crippen LogP contribution in [-0.4, -0.2) is 41.7 Å². The molecule has 1 fully saturated rings. The third-order valence-electron chi connectivity index (χ3n) is 4.78. The fraction of sp³-hybridized carbons (Fsp3) is 0.421. The van der Waals surface area contributed by atoms with E-state index in [1.54, 1.807) is 26.0 Å². The second-order valence-electron chi connectivity index (χ2n) is 6.90. The van der Waals surface area contributed by atoms with Crippen molar-refractivity contribution in [3.8, 4) is 0 Å². The first-order valence-corrected chi connectivity index (χ1v) is 10.7. The molecular weight excluding hydrogens is 380 g/mol. The Morgan fingerprint density at radius 1 is 1.18 bits per heavy atom. The monoisotopic (exact) mass is 404 g/mol. The fourth-order valence-electron chi connectivity index (χ4n) is 3.30. The molecule has 1 amide bonds. The van der Waals surface area contributed by atoms with Crippen molar-refractivity contribution in [3.05, 3.63) is 51.7 Å². The van der Waals surface area contributed by atoms with E-state index >= 15 is 0 Å². The minimum Gasteiger partial charge on any atom is -0.326 e. The van der Waals surface area contributed by atoms with Crippen LogP contribution >= 0.6 is 0 Å². The van der Waals surface area contributed by atoms with Crippen LogP contribution in [0.1, 0.15) is 36.3 Å². The standard InChI is InChI=1S/C19H24N4O4S/c1-13-17(19(25)21-14(2)20-13)9-10-18(24)22-15-5-7-16(8-6-15)28(26,27)23-11-3-4-12-23/h5-8H,3-4,9-12H2,1-2H3,(H,22,24)(H,20,21,25). The molecule has 0 radical (unpaired) electrons. The largest absolute Gasteiger partial charge is 0.326 e. The lowest BCUT2D eigenvalue weighted by Gasteiger charge is -2.15. The van der Waals surface area contributed by atoms with Gasteiger partial charge in [0.1, 0.15) is 5.82 Å². The van der Waals surface area contributed by atoms with Gasteiger partial charge in [-0.3, -0.25) is 9.59 Å². The Morgan fingerprint density at radius 2 is 1.82 bits per heavy atom. The van der Waals surface area contributed by atoms with Gasteiger partial charge in [0, 0.05) is 36.5 Å². The van der Waals surface area contributed by atoms with Gasteiger partial charge in [0.2, 0.25) is 15.9 Å². The number of H-pyrrole nitrogens is 1. The highest BCUT2D eigenvalue weighted by Gasteiger charge is 2.26. The smallest absolute Gasteiger partial charge is 0.254 e. The summed E-state index contributed by atoms with van der Waals surface area (Å²) in [6.45, 7) is 4.55. The number of rotatable bonds is 6. The van der Waals surface area contributed by atoms with Crippen LogP contribution in [-0.2, 0) is 21.2 Å². The van der Waals surface area contributed by atoms with E-state index in [1.807, 2.05) is 0 Å². The number of nitrogens with one attached hydrogen (secondary N) is 2. The van der Waals surface area contributed by atoms with Gasteiger partial charge >= 0.3 is 0 Å². The molecule has 2 aromatic rings. The second kappa shape index (κ2) is 8.24. The highest BCUT2D eigenvalue weighted by Crippen LogP contribution is 2.22. The van der Waals surface area contributed by atoms with Crippen molar-refractivity contribution in [2.75, 3.05) is 18.4 Å². The van der Waals surface area contributed by atoms with Gasteiger partial charge in [-0.15, -0.1) is 0 Å². The van der Waals surface area contributed by atoms with E-state index in [1.165, 1.54) is 16.4 Å². The summed E-state index contributed by atoms with van der Waals surface area (Å²) >= 11 is 0. The Balaban J connectivity index is 1.61. The number of aromatic amines is 1. The van der Waals surface area contributed by atoms with E-state index in [-0.39, 0.29) is 29.2 Å². The van der Waals surface area contributed by atoms with Crippen LogP contribution in [0.3, 0.4) is 0 Å². The first-order valence-electron chi connectivity index (χ1n) is 9.24. The highest BCUT2D eigenvalue weighted by atomic mass is 32.2. The zero-order valence-electron chi connectivity index (χ0n) is 16.0. The van der Waals surface area contributed by atoms with Gasteiger partial charge in [0.15, 0.2) is 0 Å². The second-order valence-corrected chi connectivity index (χ2v) is 8.84. The lowest BCUT2D eigenvalue weighted by molar-refractivity contribution is -0.116. The minimum atomic E-state index is -3.47. The van der Waals surface area contributed by atoms with Gasteiger partial charge in [-0.1, -0.05) is 0 Å². The van der Waals surface area contributed by atoms with Gasteiger partial charge < -0.3 is 10.3 Å². The molecule has 3 rings (SSSR count). The summed E-state index contributed by atoms with van der Waals surface area (Å²) in [4.78, 5) is 31.3. The number of carbonyl (C=O) groups excluding carboxylic acids is 1. The topological polar surface area (TPSA) is 112 Å². The average molecular weight is 404 g/mol. The van der Waals surface area contributed by atoms with Crippen LogP contribution in [0.2, 0.25) is 0 Å². The Kier molecular flexibility index (Phi) is 5.95. The Bertz CT molecular complexity index is 1020. The van der Waals surface area contributed by atoms with E-state index in [4.69, 9.17) is 0 Å². The van der Waals surface area contributed by atoms with Gasteiger partial charge in [0.25, 0.3) is 5.56 Å². The molecule has 0 bridgehead atoms. The number of carbonyl (C=O) groups is 1. The summed E-state index contributed by atoms with van der Waals surface area (Å²) in [5.41, 5.74) is 1.39. The maximum Gasteiger partial charge on any atom is 0.254 e. The summed E-state index contributed by atoms with van der Waals surface area (Å²) < 4.78 is 26.5. The van der Waals surface area contributed by atoms with Crippen molar-refractivity contribution in [2.24, 2.45) is 0 Å². The molecule has 0 atom stereocenters. The third kappa shape index (κ3) is 4.48. The normalized spacial score (nSPS) is 14.9. The molecule has 0 spiro atoms. The molecule has 9 heteroatoms. The lowest BCUT2D eigenvalue weighted by atomic mass is 10.1. The van der Waals surface area contributed by atoms with E-state index in [9.17, 15) is 18.0 Å². The number of amides is 1. The van der Waals surface area contributed by atoms with Crippen LogP contribution < -0.4 is 10.9 Å². The van der Waals surface area contributed by atoms with Crippen LogP contribution in [0, 0.1) is 13.8 Å². The SMILES string of the molecule is Cc1nc(C)c(CCC(=O)Nc2ccc(S(=O)(=O)N3CCCC3)cc2)c(=O)[nH]1. The van der Waals surface area contributed by atoms with E-state index in [0.29, 0.717) is 35.9 Å². The molecule has 8 nitrogen and oxygen atoms in total. The van der Waals surface area contributed by atoms with Gasteiger partial charge in [-0.25, -0.2) is 13.4 Å². The summed E-state index contributed by atoms with van der Waals surface area (Å²) in [5.74, 6) is 0.286. The Hall–Kier alpha value is -2.52. The summed E-state index contributed by atoms with van der Waals surface area (Å²) in [6.07, 6.45) is 2.17. The van der Waals surface area contributed by atoms with Crippen molar-refractivity contribution in [2.45, 2.75) is 44.4 Å². The van der Waals surface area contributed by atoms with Crippen molar-refractivity contribution >= 4 is 21.6 Å². The molecule has 0 unspecified atom stereocenters. The summed E-state index contributed by atoms with van der Waals surface area (Å²) in [5, 5.41) is 2.73. The number of aryl methyl sites for hydroxylation is 2. The van der Waals surface area contributed by atoms with Crippen molar-refractivity contribution in [3.63, 3.8) is 0 Å². The van der Waals surface area contributed by atoms with Crippen LogP contribution in [0.5, 0.6) is 0 Å². The Labute approximate surface area is 164 Å². The molecule has 1 saturated heterocycles.